The van der Waals surface area contributed by atoms with Crippen molar-refractivity contribution in [1.29, 1.82) is 0 Å². The highest BCUT2D eigenvalue weighted by Gasteiger charge is 2.06. The minimum atomic E-state index is -0.292. The monoisotopic (exact) mass is 270 g/mol. The van der Waals surface area contributed by atoms with Gasteiger partial charge in [0.05, 0.1) is 0 Å². The van der Waals surface area contributed by atoms with Gasteiger partial charge in [0, 0.05) is 6.92 Å². The van der Waals surface area contributed by atoms with E-state index in [1.54, 1.807) is 0 Å². The zero-order chi connectivity index (χ0) is 14.4. The molecule has 2 aromatic carbocycles. The molecule has 0 spiro atoms. The van der Waals surface area contributed by atoms with E-state index in [2.05, 4.69) is 12.1 Å². The van der Waals surface area contributed by atoms with Crippen LogP contribution in [-0.2, 0) is 9.53 Å². The van der Waals surface area contributed by atoms with E-state index < -0.39 is 0 Å². The Morgan fingerprint density at radius 3 is 2.20 bits per heavy atom. The lowest BCUT2D eigenvalue weighted by atomic mass is 10.1. The smallest absolute Gasteiger partial charge is 0.302 e. The molecule has 3 heteroatoms. The van der Waals surface area contributed by atoms with Crippen LogP contribution in [0.2, 0.25) is 0 Å². The molecule has 0 bridgehead atoms. The first-order valence-corrected chi connectivity index (χ1v) is 6.60. The number of benzene rings is 2. The van der Waals surface area contributed by atoms with Gasteiger partial charge < -0.3 is 9.47 Å². The summed E-state index contributed by atoms with van der Waals surface area (Å²) in [4.78, 5) is 10.7. The molecular formula is C17H18O3. The van der Waals surface area contributed by atoms with Gasteiger partial charge in [0.2, 0.25) is 0 Å². The fourth-order valence-electron chi connectivity index (χ4n) is 1.86. The maximum absolute atomic E-state index is 10.7. The van der Waals surface area contributed by atoms with Crippen LogP contribution in [0.25, 0.3) is 11.1 Å². The molecule has 0 aliphatic rings. The molecule has 2 rings (SSSR count). The summed E-state index contributed by atoms with van der Waals surface area (Å²) in [6.07, 6.45) is -0.165. The minimum Gasteiger partial charge on any atom is -0.487 e. The Hall–Kier alpha value is -2.29. The highest BCUT2D eigenvalue weighted by Crippen LogP contribution is 2.22. The lowest BCUT2D eigenvalue weighted by Gasteiger charge is -2.14. The SMILES string of the molecule is CC(=O)OCC(C)Oc1ccc(-c2ccccc2)cc1. The van der Waals surface area contributed by atoms with Crippen molar-refractivity contribution < 1.29 is 14.3 Å². The van der Waals surface area contributed by atoms with Gasteiger partial charge in [-0.3, -0.25) is 4.79 Å². The van der Waals surface area contributed by atoms with Gasteiger partial charge in [-0.1, -0.05) is 42.5 Å². The van der Waals surface area contributed by atoms with E-state index in [9.17, 15) is 4.79 Å². The largest absolute Gasteiger partial charge is 0.487 e. The molecule has 104 valence electrons. The van der Waals surface area contributed by atoms with Crippen molar-refractivity contribution in [3.63, 3.8) is 0 Å². The summed E-state index contributed by atoms with van der Waals surface area (Å²) in [5.41, 5.74) is 2.32. The molecule has 1 atom stereocenters. The molecule has 0 heterocycles. The lowest BCUT2D eigenvalue weighted by Crippen LogP contribution is -2.20. The first kappa shape index (κ1) is 14.1. The van der Waals surface area contributed by atoms with Crippen LogP contribution in [0.5, 0.6) is 5.75 Å². The minimum absolute atomic E-state index is 0.165. The van der Waals surface area contributed by atoms with Gasteiger partial charge in [0.25, 0.3) is 0 Å². The Labute approximate surface area is 119 Å². The fourth-order valence-corrected chi connectivity index (χ4v) is 1.86. The zero-order valence-electron chi connectivity index (χ0n) is 11.7. The quantitative estimate of drug-likeness (QED) is 0.777. The van der Waals surface area contributed by atoms with Gasteiger partial charge in [0.15, 0.2) is 0 Å². The predicted octanol–water partition coefficient (Wildman–Crippen LogP) is 3.68. The number of ether oxygens (including phenoxy) is 2. The van der Waals surface area contributed by atoms with E-state index >= 15 is 0 Å². The molecule has 20 heavy (non-hydrogen) atoms. The first-order valence-electron chi connectivity index (χ1n) is 6.60. The van der Waals surface area contributed by atoms with Gasteiger partial charge in [-0.05, 0) is 30.2 Å². The predicted molar refractivity (Wildman–Crippen MR) is 78.6 cm³/mol. The van der Waals surface area contributed by atoms with Crippen LogP contribution in [0, 0.1) is 0 Å². The second-order valence-corrected chi connectivity index (χ2v) is 4.62. The number of carbonyl (C=O) groups excluding carboxylic acids is 1. The summed E-state index contributed by atoms with van der Waals surface area (Å²) in [6.45, 7) is 3.52. The summed E-state index contributed by atoms with van der Waals surface area (Å²) in [7, 11) is 0. The molecule has 0 N–H and O–H groups in total. The second-order valence-electron chi connectivity index (χ2n) is 4.62. The van der Waals surface area contributed by atoms with E-state index in [1.165, 1.54) is 12.5 Å². The molecule has 0 amide bonds. The number of esters is 1. The van der Waals surface area contributed by atoms with Gasteiger partial charge in [0.1, 0.15) is 18.5 Å². The van der Waals surface area contributed by atoms with Crippen molar-refractivity contribution in [2.45, 2.75) is 20.0 Å². The lowest BCUT2D eigenvalue weighted by molar-refractivity contribution is -0.143. The standard InChI is InChI=1S/C17H18O3/c1-13(12-19-14(2)18)20-17-10-8-16(9-11-17)15-6-4-3-5-7-15/h3-11,13H,12H2,1-2H3. The fraction of sp³-hybridized carbons (Fsp3) is 0.235. The van der Waals surface area contributed by atoms with Gasteiger partial charge in [-0.25, -0.2) is 0 Å². The molecule has 0 aliphatic heterocycles. The van der Waals surface area contributed by atoms with E-state index in [4.69, 9.17) is 9.47 Å². The molecule has 0 fully saturated rings. The maximum Gasteiger partial charge on any atom is 0.302 e. The topological polar surface area (TPSA) is 35.5 Å². The Bertz CT molecular complexity index is 546. The van der Waals surface area contributed by atoms with E-state index in [-0.39, 0.29) is 18.7 Å². The maximum atomic E-state index is 10.7. The van der Waals surface area contributed by atoms with Crippen molar-refractivity contribution >= 4 is 5.97 Å². The van der Waals surface area contributed by atoms with Crippen LogP contribution in [0.3, 0.4) is 0 Å². The molecule has 2 aromatic rings. The normalized spacial score (nSPS) is 11.7. The molecular weight excluding hydrogens is 252 g/mol. The average Bonchev–Trinajstić information content (AvgIpc) is 2.47. The van der Waals surface area contributed by atoms with Gasteiger partial charge in [-0.15, -0.1) is 0 Å². The Kier molecular flexibility index (Phi) is 4.77. The van der Waals surface area contributed by atoms with Crippen LogP contribution in [0.1, 0.15) is 13.8 Å². The Morgan fingerprint density at radius 2 is 1.60 bits per heavy atom. The summed E-state index contributed by atoms with van der Waals surface area (Å²) >= 11 is 0. The van der Waals surface area contributed by atoms with Crippen molar-refractivity contribution in [1.82, 2.24) is 0 Å². The Morgan fingerprint density at radius 1 is 1.00 bits per heavy atom. The van der Waals surface area contributed by atoms with E-state index in [0.29, 0.717) is 0 Å². The highest BCUT2D eigenvalue weighted by atomic mass is 16.6. The molecule has 3 nitrogen and oxygen atoms in total. The molecule has 0 saturated carbocycles. The van der Waals surface area contributed by atoms with Crippen LogP contribution in [0.4, 0.5) is 0 Å². The molecule has 1 unspecified atom stereocenters. The second kappa shape index (κ2) is 6.75. The van der Waals surface area contributed by atoms with E-state index in [1.807, 2.05) is 49.4 Å². The van der Waals surface area contributed by atoms with E-state index in [0.717, 1.165) is 11.3 Å². The number of rotatable bonds is 5. The Balaban J connectivity index is 1.96. The average molecular weight is 270 g/mol. The summed E-state index contributed by atoms with van der Waals surface area (Å²) < 4.78 is 10.6. The first-order chi connectivity index (χ1) is 9.65. The zero-order valence-corrected chi connectivity index (χ0v) is 11.7. The van der Waals surface area contributed by atoms with Gasteiger partial charge in [-0.2, -0.15) is 0 Å². The number of hydrogen-bond acceptors (Lipinski definition) is 3. The summed E-state index contributed by atoms with van der Waals surface area (Å²) in [5, 5.41) is 0. The summed E-state index contributed by atoms with van der Waals surface area (Å²) in [5.74, 6) is 0.476. The van der Waals surface area contributed by atoms with Crippen molar-refractivity contribution in [3.8, 4) is 16.9 Å². The third kappa shape index (κ3) is 4.12. The summed E-state index contributed by atoms with van der Waals surface area (Å²) in [6, 6.07) is 18.0. The van der Waals surface area contributed by atoms with Crippen molar-refractivity contribution in [2.75, 3.05) is 6.61 Å². The number of carbonyl (C=O) groups is 1. The molecule has 0 aromatic heterocycles. The molecule has 0 aliphatic carbocycles. The van der Waals surface area contributed by atoms with Crippen LogP contribution >= 0.6 is 0 Å². The third-order valence-corrected chi connectivity index (χ3v) is 2.82. The van der Waals surface area contributed by atoms with Crippen LogP contribution in [-0.4, -0.2) is 18.7 Å². The molecule has 0 saturated heterocycles. The molecule has 0 radical (unpaired) electrons. The van der Waals surface area contributed by atoms with Crippen molar-refractivity contribution in [3.05, 3.63) is 54.6 Å². The third-order valence-electron chi connectivity index (χ3n) is 2.82. The highest BCUT2D eigenvalue weighted by molar-refractivity contribution is 5.66. The van der Waals surface area contributed by atoms with Crippen molar-refractivity contribution in [2.24, 2.45) is 0 Å². The van der Waals surface area contributed by atoms with Crippen LogP contribution < -0.4 is 4.74 Å². The number of hydrogen-bond donors (Lipinski definition) is 0. The van der Waals surface area contributed by atoms with Gasteiger partial charge >= 0.3 is 5.97 Å². The van der Waals surface area contributed by atoms with Crippen LogP contribution in [0.15, 0.2) is 54.6 Å².